The molecule has 0 saturated carbocycles. The molecule has 0 aliphatic carbocycles. The quantitative estimate of drug-likeness (QED) is 0.0235. The molecular formula is C70H104N6O26P2S2. The summed E-state index contributed by atoms with van der Waals surface area (Å²) in [5.74, 6) is -1.65. The fourth-order valence-electron chi connectivity index (χ4n) is 12.9. The Hall–Kier alpha value is -6.14. The van der Waals surface area contributed by atoms with Gasteiger partial charge in [-0.25, -0.2) is 40.6 Å². The number of carbonyl (C=O) groups is 4. The van der Waals surface area contributed by atoms with Crippen molar-refractivity contribution < 1.29 is 122 Å². The van der Waals surface area contributed by atoms with Crippen molar-refractivity contribution in [1.29, 1.82) is 0 Å². The maximum absolute atomic E-state index is 13.9. The number of fused-ring (bicyclic) bond motifs is 2. The van der Waals surface area contributed by atoms with E-state index in [9.17, 15) is 65.4 Å². The summed E-state index contributed by atoms with van der Waals surface area (Å²) in [6.07, 6.45) is -2.56. The molecule has 4 saturated heterocycles. The van der Waals surface area contributed by atoms with Crippen LogP contribution in [-0.2, 0) is 76.2 Å². The number of hydrogen-bond donors (Lipinski definition) is 7. The number of sulfonamides is 2. The average Bonchev–Trinajstić information content (AvgIpc) is 1.36. The van der Waals surface area contributed by atoms with Crippen molar-refractivity contribution in [2.45, 2.75) is 151 Å². The Morgan fingerprint density at radius 3 is 1.38 bits per heavy atom. The molecule has 36 heteroatoms. The summed E-state index contributed by atoms with van der Waals surface area (Å²) in [4.78, 5) is 63.2. The summed E-state index contributed by atoms with van der Waals surface area (Å²) < 4.78 is 144. The number of carbonyl (C=O) groups excluding carboxylic acids is 2. The first-order valence-corrected chi connectivity index (χ1v) is 41.9. The number of aliphatic hydroxyl groups excluding tert-OH is 2. The molecule has 9 rings (SSSR count). The molecule has 0 radical (unpaired) electrons. The number of ether oxygens (including phenoxy) is 8. The summed E-state index contributed by atoms with van der Waals surface area (Å²) in [7, 11) is -13.1. The summed E-state index contributed by atoms with van der Waals surface area (Å²) in [6.45, 7) is 13.3. The number of carboxylic acids is 2. The highest BCUT2D eigenvalue weighted by Gasteiger charge is 2.46. The molecule has 6 aliphatic rings. The Balaban J connectivity index is 0.000000269. The average molecular weight is 1570 g/mol. The third-order valence-electron chi connectivity index (χ3n) is 18.8. The second kappa shape index (κ2) is 39.5. The summed E-state index contributed by atoms with van der Waals surface area (Å²) in [5.41, 5.74) is 1.79. The Morgan fingerprint density at radius 1 is 0.575 bits per heavy atom. The van der Waals surface area contributed by atoms with Gasteiger partial charge in [-0.3, -0.25) is 23.4 Å². The van der Waals surface area contributed by atoms with E-state index in [2.05, 4.69) is 10.6 Å². The Kier molecular flexibility index (Phi) is 31.8. The molecule has 0 spiro atoms. The van der Waals surface area contributed by atoms with Crippen molar-refractivity contribution in [2.24, 2.45) is 23.7 Å². The van der Waals surface area contributed by atoms with Crippen LogP contribution in [0.25, 0.3) is 0 Å². The topological polar surface area (TPSA) is 410 Å². The first kappa shape index (κ1) is 85.5. The van der Waals surface area contributed by atoms with Gasteiger partial charge in [-0.05, 0) is 125 Å². The summed E-state index contributed by atoms with van der Waals surface area (Å²) >= 11 is 0. The van der Waals surface area contributed by atoms with Crippen molar-refractivity contribution in [2.75, 3.05) is 118 Å². The molecule has 6 aliphatic heterocycles. The van der Waals surface area contributed by atoms with Crippen LogP contribution in [0.1, 0.15) is 80.1 Å². The van der Waals surface area contributed by atoms with Crippen LogP contribution in [0.15, 0.2) is 112 Å². The number of para-hydroxylation sites is 1. The van der Waals surface area contributed by atoms with Crippen LogP contribution in [-0.4, -0.2) is 264 Å². The van der Waals surface area contributed by atoms with Crippen LogP contribution in [0.3, 0.4) is 0 Å². The lowest BCUT2D eigenvalue weighted by atomic mass is 9.96. The van der Waals surface area contributed by atoms with Gasteiger partial charge >= 0.3 is 39.3 Å². The van der Waals surface area contributed by atoms with Crippen molar-refractivity contribution in [3.8, 4) is 17.2 Å². The first-order valence-electron chi connectivity index (χ1n) is 35.6. The molecule has 106 heavy (non-hydrogen) atoms. The maximum atomic E-state index is 13.9. The number of aliphatic hydroxyl groups is 2. The standard InChI is InChI=1S/C38H54N3O13PS.C32H50N3O13PS/c1-26(2)23-41(56(47,48)31-12-10-29(49-4)11-13-31)24-34(42)33(39-38(45)52-35-25-51-37-32(35)16-20-50-37)22-28-14-17-40(18-15-28)19-21-55(46,53-27(3)36(43)44)54-30-8-6-5-7-9-30;1-21(2)18-35(50(42,43)25-7-5-24(44-4)6-8-25)19-28(36)27(33-32(39)47-29-20-46-31-26(29)11-15-45-31)17-23-9-12-34(13-10-23)14-16-49(40,41)48-22(3)30(37)38/h5-14,26-27,32-35,37,42H,15-25H2,1-4H3,(H,39,45)(H,43,44);5-9,21-22,26-29,31,36H,10-20H2,1-4H3,(H,33,39)(H,37,38)(H,40,41)/t27-,32+,33+,34-,35+,37-,55?;22-,26-,27-,28+,29-,31+/m10/s1. The Bertz CT molecular complexity index is 3770. The van der Waals surface area contributed by atoms with Crippen LogP contribution in [0.5, 0.6) is 17.2 Å². The number of nitrogens with one attached hydrogen (secondary N) is 2. The number of aliphatic carboxylic acids is 2. The fourth-order valence-corrected chi connectivity index (χ4v) is 19.2. The molecule has 0 aromatic heterocycles. The number of alkyl carbamates (subject to hydrolysis) is 2. The molecule has 32 nitrogen and oxygen atoms in total. The van der Waals surface area contributed by atoms with Crippen molar-refractivity contribution in [1.82, 2.24) is 29.0 Å². The molecular weight excluding hydrogens is 1470 g/mol. The van der Waals surface area contributed by atoms with Crippen LogP contribution in [0.2, 0.25) is 0 Å². The zero-order valence-electron chi connectivity index (χ0n) is 61.1. The van der Waals surface area contributed by atoms with E-state index in [0.717, 1.165) is 11.1 Å². The molecule has 7 N–H and O–H groups in total. The fraction of sp³-hybridized carbons (Fsp3) is 0.629. The summed E-state index contributed by atoms with van der Waals surface area (Å²) in [6, 6.07) is 18.6. The maximum Gasteiger partial charge on any atom is 0.407 e. The number of carboxylic acid groups (broad SMARTS) is 2. The minimum atomic E-state index is -4.13. The van der Waals surface area contributed by atoms with Crippen LogP contribution in [0.4, 0.5) is 9.59 Å². The first-order chi connectivity index (χ1) is 50.2. The van der Waals surface area contributed by atoms with Gasteiger partial charge in [0.15, 0.2) is 24.8 Å². The van der Waals surface area contributed by atoms with E-state index in [1.54, 1.807) is 54.6 Å². The second-order valence-electron chi connectivity index (χ2n) is 27.9. The van der Waals surface area contributed by atoms with E-state index >= 15 is 0 Å². The largest absolute Gasteiger partial charge is 0.497 e. The van der Waals surface area contributed by atoms with Gasteiger partial charge in [0.05, 0.1) is 98.9 Å². The number of nitrogens with zero attached hydrogens (tertiary/aromatic N) is 4. The van der Waals surface area contributed by atoms with Crippen molar-refractivity contribution >= 4 is 59.4 Å². The highest BCUT2D eigenvalue weighted by molar-refractivity contribution is 7.89. The highest BCUT2D eigenvalue weighted by Crippen LogP contribution is 2.50. The molecule has 2 unspecified atom stereocenters. The third-order valence-corrected chi connectivity index (χ3v) is 25.8. The van der Waals surface area contributed by atoms with Crippen LogP contribution >= 0.6 is 15.2 Å². The normalized spacial score (nSPS) is 23.5. The van der Waals surface area contributed by atoms with E-state index in [1.807, 2.05) is 49.6 Å². The molecule has 0 bridgehead atoms. The number of amides is 2. The van der Waals surface area contributed by atoms with E-state index in [0.29, 0.717) is 82.3 Å². The number of hydrogen-bond acceptors (Lipinski definition) is 25. The minimum Gasteiger partial charge on any atom is -0.497 e. The summed E-state index contributed by atoms with van der Waals surface area (Å²) in [5, 5.41) is 47.4. The van der Waals surface area contributed by atoms with Crippen molar-refractivity contribution in [3.05, 3.63) is 102 Å². The predicted molar refractivity (Wildman–Crippen MR) is 385 cm³/mol. The molecule has 3 aromatic carbocycles. The molecule has 2 amide bonds. The van der Waals surface area contributed by atoms with Gasteiger partial charge < -0.3 is 78.4 Å². The molecule has 14 atom stereocenters. The van der Waals surface area contributed by atoms with Gasteiger partial charge in [0, 0.05) is 65.4 Å². The zero-order valence-corrected chi connectivity index (χ0v) is 64.5. The number of rotatable bonds is 38. The monoisotopic (exact) mass is 1570 g/mol. The highest BCUT2D eigenvalue weighted by atomic mass is 32.2. The van der Waals surface area contributed by atoms with Gasteiger partial charge in [0.2, 0.25) is 20.0 Å². The van der Waals surface area contributed by atoms with E-state index in [-0.39, 0.29) is 111 Å². The Labute approximate surface area is 620 Å². The van der Waals surface area contributed by atoms with Crippen LogP contribution in [0, 0.1) is 23.7 Å². The van der Waals surface area contributed by atoms with Crippen LogP contribution < -0.4 is 24.6 Å². The lowest BCUT2D eigenvalue weighted by molar-refractivity contribution is -0.145. The van der Waals surface area contributed by atoms with Gasteiger partial charge in [-0.15, -0.1) is 0 Å². The van der Waals surface area contributed by atoms with Gasteiger partial charge in [0.1, 0.15) is 29.5 Å². The molecule has 4 fully saturated rings. The minimum absolute atomic E-state index is 0.0370. The SMILES string of the molecule is COc1ccc(S(=O)(=O)N(CC(C)C)C[C@@H](O)[C@H](CC2=CCN(CCP(=O)(O)O[C@@H](C)C(=O)O)CC2)NC(=O)O[C@H]2CO[C@H]3OCC[C@H]32)cc1.COc1ccc(S(=O)(=O)N(CC(C)C)C[C@@H](O)[C@H](CC2=CCN(CCP(=O)(Oc3ccccc3)O[C@H](C)C(=O)O)CC2)NC(=O)O[C@H]2CO[C@H]3OCC[C@H]32)cc1. The number of methoxy groups -OCH3 is 2. The molecule has 3 aromatic rings. The van der Waals surface area contributed by atoms with Gasteiger partial charge in [-0.2, -0.15) is 8.61 Å². The molecule has 592 valence electrons. The third kappa shape index (κ3) is 25.2. The lowest BCUT2D eigenvalue weighted by Gasteiger charge is -2.33. The van der Waals surface area contributed by atoms with E-state index in [4.69, 9.17) is 56.6 Å². The second-order valence-corrected chi connectivity index (χ2v) is 35.7. The molecule has 6 heterocycles. The van der Waals surface area contributed by atoms with Gasteiger partial charge in [-0.1, -0.05) is 69.2 Å². The van der Waals surface area contributed by atoms with E-state index in [1.165, 1.54) is 60.9 Å². The Morgan fingerprint density at radius 2 is 0.991 bits per heavy atom. The van der Waals surface area contributed by atoms with E-state index < -0.39 is 121 Å². The predicted octanol–water partition coefficient (Wildman–Crippen LogP) is 6.60. The smallest absolute Gasteiger partial charge is 0.407 e. The number of benzene rings is 3. The van der Waals surface area contributed by atoms with Crippen molar-refractivity contribution in [3.63, 3.8) is 0 Å². The lowest BCUT2D eigenvalue weighted by Crippen LogP contribution is -2.51. The van der Waals surface area contributed by atoms with Gasteiger partial charge in [0.25, 0.3) is 0 Å². The zero-order chi connectivity index (χ0) is 77.1.